The van der Waals surface area contributed by atoms with E-state index in [2.05, 4.69) is 11.3 Å². The number of anilines is 1. The number of phenols is 1. The smallest absolute Gasteiger partial charge is 0.324 e. The second kappa shape index (κ2) is 4.52. The summed E-state index contributed by atoms with van der Waals surface area (Å²) in [5.41, 5.74) is -0.329. The van der Waals surface area contributed by atoms with Crippen LogP contribution in [0.1, 0.15) is 25.8 Å². The number of hydrogen-bond acceptors (Lipinski definition) is 4. The average Bonchev–Trinajstić information content (AvgIpc) is 2.60. The molecule has 1 fully saturated rings. The van der Waals surface area contributed by atoms with Gasteiger partial charge in [0.25, 0.3) is 0 Å². The Hall–Kier alpha value is -1.96. The van der Waals surface area contributed by atoms with Crippen LogP contribution in [0.3, 0.4) is 0 Å². The molecule has 0 unspecified atom stereocenters. The highest BCUT2D eigenvalue weighted by atomic mass is 32.2. The van der Waals surface area contributed by atoms with E-state index in [-0.39, 0.29) is 29.2 Å². The molecule has 22 heavy (non-hydrogen) atoms. The van der Waals surface area contributed by atoms with E-state index in [9.17, 15) is 17.9 Å². The number of nitrogens with one attached hydrogen (secondary N) is 1. The molecule has 2 N–H and O–H groups in total. The molecular weight excluding hydrogens is 311 g/mol. The van der Waals surface area contributed by atoms with E-state index in [4.69, 9.17) is 4.74 Å². The fraction of sp³-hybridized carbons (Fsp3) is 0.429. The molecule has 0 spiro atoms. The molecule has 0 aromatic heterocycles. The molecule has 1 aromatic carbocycles. The molecule has 0 amide bonds. The second-order valence-corrected chi connectivity index (χ2v) is 7.71. The van der Waals surface area contributed by atoms with Gasteiger partial charge in [-0.1, -0.05) is 6.58 Å². The highest BCUT2D eigenvalue weighted by molar-refractivity contribution is 7.91. The number of nitrogens with zero attached hydrogens (tertiary/aromatic N) is 1. The van der Waals surface area contributed by atoms with Gasteiger partial charge in [0.05, 0.1) is 6.54 Å². The van der Waals surface area contributed by atoms with Gasteiger partial charge in [-0.15, -0.1) is 0 Å². The van der Waals surface area contributed by atoms with Gasteiger partial charge in [0.1, 0.15) is 22.8 Å². The Morgan fingerprint density at radius 1 is 1.50 bits per heavy atom. The van der Waals surface area contributed by atoms with Crippen LogP contribution in [0.5, 0.6) is 11.5 Å². The molecule has 3 rings (SSSR count). The minimum Gasteiger partial charge on any atom is -0.505 e. The molecule has 0 radical (unpaired) electrons. The summed E-state index contributed by atoms with van der Waals surface area (Å²) in [4.78, 5) is 0. The van der Waals surface area contributed by atoms with Crippen molar-refractivity contribution in [2.24, 2.45) is 0 Å². The van der Waals surface area contributed by atoms with E-state index in [0.717, 1.165) is 4.31 Å². The lowest BCUT2D eigenvalue weighted by Crippen LogP contribution is -2.34. The van der Waals surface area contributed by atoms with Crippen LogP contribution in [0.2, 0.25) is 0 Å². The van der Waals surface area contributed by atoms with Gasteiger partial charge in [0, 0.05) is 17.3 Å². The zero-order chi connectivity index (χ0) is 16.3. The molecule has 0 aliphatic carbocycles. The Kier molecular flexibility index (Phi) is 3.07. The molecule has 0 saturated carbocycles. The van der Waals surface area contributed by atoms with Crippen LogP contribution in [-0.2, 0) is 16.6 Å². The van der Waals surface area contributed by atoms with Crippen LogP contribution in [0.15, 0.2) is 18.3 Å². The van der Waals surface area contributed by atoms with Crippen molar-refractivity contribution in [1.29, 1.82) is 0 Å². The van der Waals surface area contributed by atoms with Gasteiger partial charge < -0.3 is 9.84 Å². The molecule has 2 aliphatic rings. The summed E-state index contributed by atoms with van der Waals surface area (Å²) in [6, 6.07) is 1.27. The lowest BCUT2D eigenvalue weighted by molar-refractivity contribution is 0.0830. The lowest BCUT2D eigenvalue weighted by Gasteiger charge is -2.33. The number of benzene rings is 1. The van der Waals surface area contributed by atoms with Gasteiger partial charge in [-0.05, 0) is 26.7 Å². The largest absolute Gasteiger partial charge is 0.505 e. The Balaban J connectivity index is 2.14. The minimum atomic E-state index is -3.94. The van der Waals surface area contributed by atoms with E-state index in [0.29, 0.717) is 12.8 Å². The number of halogens is 1. The summed E-state index contributed by atoms with van der Waals surface area (Å²) in [5.74, 6) is -1.00. The van der Waals surface area contributed by atoms with Crippen molar-refractivity contribution in [1.82, 2.24) is 4.72 Å². The predicted molar refractivity (Wildman–Crippen MR) is 79.6 cm³/mol. The topological polar surface area (TPSA) is 78.9 Å². The van der Waals surface area contributed by atoms with Gasteiger partial charge in [0.15, 0.2) is 5.82 Å². The number of hydrogen-bond donors (Lipinski definition) is 2. The fourth-order valence-electron chi connectivity index (χ4n) is 2.71. The number of ether oxygens (including phenoxy) is 1. The number of phenolic OH excluding ortho intramolecular Hbond substituents is 1. The maximum Gasteiger partial charge on any atom is 0.324 e. The number of fused-ring (bicyclic) bond motifs is 1. The molecule has 0 atom stereocenters. The monoisotopic (exact) mass is 328 g/mol. The highest BCUT2D eigenvalue weighted by Crippen LogP contribution is 2.44. The van der Waals surface area contributed by atoms with E-state index in [1.807, 2.05) is 13.8 Å². The summed E-state index contributed by atoms with van der Waals surface area (Å²) < 4.78 is 47.4. The van der Waals surface area contributed by atoms with E-state index < -0.39 is 27.4 Å². The summed E-state index contributed by atoms with van der Waals surface area (Å²) in [5, 5.41) is 10.1. The van der Waals surface area contributed by atoms with Gasteiger partial charge in [0.2, 0.25) is 0 Å². The molecule has 120 valence electrons. The standard InChI is InChI=1S/C14H17FN2O4S/c1-8-7-17(22(19,20)16-8)13-10(18)6-11-9(12(13)15)4-5-14(2,3)21-11/h6,16,18H,1,4-5,7H2,2-3H3. The van der Waals surface area contributed by atoms with Crippen LogP contribution in [-0.4, -0.2) is 25.7 Å². The normalized spacial score (nSPS) is 22.0. The Morgan fingerprint density at radius 3 is 2.77 bits per heavy atom. The van der Waals surface area contributed by atoms with Crippen LogP contribution < -0.4 is 13.8 Å². The summed E-state index contributed by atoms with van der Waals surface area (Å²) in [6.45, 7) is 7.15. The third kappa shape index (κ3) is 2.27. The van der Waals surface area contributed by atoms with Gasteiger partial charge in [-0.25, -0.2) is 8.70 Å². The third-order valence-electron chi connectivity index (χ3n) is 3.79. The quantitative estimate of drug-likeness (QED) is 0.824. The first kappa shape index (κ1) is 15.0. The summed E-state index contributed by atoms with van der Waals surface area (Å²) >= 11 is 0. The van der Waals surface area contributed by atoms with Crippen molar-refractivity contribution < 1.29 is 22.7 Å². The minimum absolute atomic E-state index is 0.127. The van der Waals surface area contributed by atoms with Crippen molar-refractivity contribution in [3.63, 3.8) is 0 Å². The first-order valence-corrected chi connectivity index (χ1v) is 8.26. The lowest BCUT2D eigenvalue weighted by atomic mass is 9.93. The Morgan fingerprint density at radius 2 is 2.18 bits per heavy atom. The second-order valence-electron chi connectivity index (χ2n) is 6.11. The van der Waals surface area contributed by atoms with Crippen LogP contribution in [0, 0.1) is 5.82 Å². The highest BCUT2D eigenvalue weighted by Gasteiger charge is 2.38. The maximum atomic E-state index is 14.8. The average molecular weight is 328 g/mol. The van der Waals surface area contributed by atoms with Crippen LogP contribution in [0.4, 0.5) is 10.1 Å². The SMILES string of the molecule is C=C1CN(c2c(O)cc3c(c2F)CCC(C)(C)O3)S(=O)(=O)N1. The summed E-state index contributed by atoms with van der Waals surface area (Å²) in [6.07, 6.45) is 1.00. The Labute approximate surface area is 128 Å². The molecule has 1 aromatic rings. The molecule has 8 heteroatoms. The van der Waals surface area contributed by atoms with Crippen LogP contribution in [0.25, 0.3) is 0 Å². The zero-order valence-corrected chi connectivity index (χ0v) is 13.1. The molecule has 2 heterocycles. The fourth-order valence-corrected chi connectivity index (χ4v) is 3.99. The van der Waals surface area contributed by atoms with E-state index in [1.165, 1.54) is 6.07 Å². The van der Waals surface area contributed by atoms with Gasteiger partial charge in [-0.3, -0.25) is 4.72 Å². The van der Waals surface area contributed by atoms with Gasteiger partial charge in [-0.2, -0.15) is 8.42 Å². The van der Waals surface area contributed by atoms with Crippen molar-refractivity contribution in [3.8, 4) is 11.5 Å². The molecule has 1 saturated heterocycles. The van der Waals surface area contributed by atoms with E-state index in [1.54, 1.807) is 0 Å². The predicted octanol–water partition coefficient (Wildman–Crippen LogP) is 1.80. The third-order valence-corrected chi connectivity index (χ3v) is 5.23. The van der Waals surface area contributed by atoms with E-state index >= 15 is 0 Å². The van der Waals surface area contributed by atoms with Crippen LogP contribution >= 0.6 is 0 Å². The van der Waals surface area contributed by atoms with Crippen molar-refractivity contribution in [2.75, 3.05) is 10.8 Å². The first-order valence-electron chi connectivity index (χ1n) is 6.82. The molecule has 6 nitrogen and oxygen atoms in total. The summed E-state index contributed by atoms with van der Waals surface area (Å²) in [7, 11) is -3.94. The Bertz CT molecular complexity index is 774. The number of rotatable bonds is 1. The van der Waals surface area contributed by atoms with Gasteiger partial charge >= 0.3 is 10.2 Å². The number of aromatic hydroxyl groups is 1. The van der Waals surface area contributed by atoms with Crippen molar-refractivity contribution in [3.05, 3.63) is 29.7 Å². The first-order chi connectivity index (χ1) is 10.1. The van der Waals surface area contributed by atoms with Crippen molar-refractivity contribution >= 4 is 15.9 Å². The molecule has 2 aliphatic heterocycles. The maximum absolute atomic E-state index is 14.8. The van der Waals surface area contributed by atoms with Crippen molar-refractivity contribution in [2.45, 2.75) is 32.3 Å². The molecular formula is C14H17FN2O4S. The zero-order valence-electron chi connectivity index (χ0n) is 12.3. The molecule has 0 bridgehead atoms.